The summed E-state index contributed by atoms with van der Waals surface area (Å²) in [6.45, 7) is 2.66. The smallest absolute Gasteiger partial charge is 0.175 e. The standard InChI is InChI=1S/C13H17F2NOS/c1-9(18-7-6-16(2)3)13(17)10-4-5-11(14)12(15)8-10/h4-5,8-9H,6-7H2,1-3H3. The van der Waals surface area contributed by atoms with Crippen molar-refractivity contribution in [1.29, 1.82) is 0 Å². The summed E-state index contributed by atoms with van der Waals surface area (Å²) in [5, 5.41) is -0.255. The average Bonchev–Trinajstić information content (AvgIpc) is 2.31. The molecule has 0 aromatic heterocycles. The van der Waals surface area contributed by atoms with E-state index in [-0.39, 0.29) is 16.6 Å². The second-order valence-electron chi connectivity index (χ2n) is 4.31. The number of carbonyl (C=O) groups excluding carboxylic acids is 1. The number of benzene rings is 1. The van der Waals surface area contributed by atoms with Crippen molar-refractivity contribution >= 4 is 17.5 Å². The molecule has 1 rings (SSSR count). The summed E-state index contributed by atoms with van der Waals surface area (Å²) >= 11 is 1.51. The van der Waals surface area contributed by atoms with E-state index >= 15 is 0 Å². The zero-order valence-electron chi connectivity index (χ0n) is 10.7. The summed E-state index contributed by atoms with van der Waals surface area (Å²) in [4.78, 5) is 14.0. The van der Waals surface area contributed by atoms with Crippen LogP contribution in [0.1, 0.15) is 17.3 Å². The van der Waals surface area contributed by atoms with Crippen molar-refractivity contribution in [2.75, 3.05) is 26.4 Å². The minimum absolute atomic E-state index is 0.169. The largest absolute Gasteiger partial charge is 0.309 e. The average molecular weight is 273 g/mol. The van der Waals surface area contributed by atoms with Crippen LogP contribution in [-0.2, 0) is 0 Å². The number of halogens is 2. The fourth-order valence-electron chi connectivity index (χ4n) is 1.37. The topological polar surface area (TPSA) is 20.3 Å². The van der Waals surface area contributed by atoms with E-state index in [9.17, 15) is 13.6 Å². The third-order valence-corrected chi connectivity index (χ3v) is 3.61. The molecule has 0 aliphatic carbocycles. The Morgan fingerprint density at radius 1 is 1.33 bits per heavy atom. The van der Waals surface area contributed by atoms with Gasteiger partial charge in [-0.15, -0.1) is 11.8 Å². The van der Waals surface area contributed by atoms with Gasteiger partial charge in [0, 0.05) is 17.9 Å². The zero-order chi connectivity index (χ0) is 13.7. The number of hydrogen-bond donors (Lipinski definition) is 0. The molecule has 0 aliphatic heterocycles. The quantitative estimate of drug-likeness (QED) is 0.743. The summed E-state index contributed by atoms with van der Waals surface area (Å²) in [6, 6.07) is 3.27. The van der Waals surface area contributed by atoms with Crippen LogP contribution < -0.4 is 0 Å². The second-order valence-corrected chi connectivity index (χ2v) is 5.76. The number of hydrogen-bond acceptors (Lipinski definition) is 3. The highest BCUT2D eigenvalue weighted by atomic mass is 32.2. The predicted molar refractivity (Wildman–Crippen MR) is 71.2 cm³/mol. The lowest BCUT2D eigenvalue weighted by Crippen LogP contribution is -2.19. The monoisotopic (exact) mass is 273 g/mol. The van der Waals surface area contributed by atoms with Gasteiger partial charge in [-0.1, -0.05) is 0 Å². The molecule has 1 unspecified atom stereocenters. The molecule has 1 aromatic rings. The summed E-state index contributed by atoms with van der Waals surface area (Å²) in [7, 11) is 3.92. The normalized spacial score (nSPS) is 12.8. The SMILES string of the molecule is CC(SCCN(C)C)C(=O)c1ccc(F)c(F)c1. The highest BCUT2D eigenvalue weighted by Crippen LogP contribution is 2.18. The van der Waals surface area contributed by atoms with Gasteiger partial charge in [-0.25, -0.2) is 8.78 Å². The molecule has 0 fully saturated rings. The maximum atomic E-state index is 13.0. The molecule has 1 atom stereocenters. The molecule has 0 amide bonds. The fourth-order valence-corrected chi connectivity index (χ4v) is 2.48. The molecule has 100 valence electrons. The van der Waals surface area contributed by atoms with Gasteiger partial charge < -0.3 is 4.90 Å². The van der Waals surface area contributed by atoms with E-state index in [1.807, 2.05) is 19.0 Å². The van der Waals surface area contributed by atoms with Gasteiger partial charge in [0.05, 0.1) is 5.25 Å². The van der Waals surface area contributed by atoms with Crippen molar-refractivity contribution in [3.05, 3.63) is 35.4 Å². The molecule has 0 heterocycles. The fraction of sp³-hybridized carbons (Fsp3) is 0.462. The Morgan fingerprint density at radius 2 is 2.00 bits per heavy atom. The van der Waals surface area contributed by atoms with Crippen LogP contribution in [0.4, 0.5) is 8.78 Å². The Hall–Kier alpha value is -0.940. The number of nitrogens with zero attached hydrogens (tertiary/aromatic N) is 1. The third kappa shape index (κ3) is 4.38. The Balaban J connectivity index is 2.60. The molecule has 2 nitrogen and oxygen atoms in total. The molecule has 0 saturated heterocycles. The third-order valence-electron chi connectivity index (χ3n) is 2.48. The molecule has 0 bridgehead atoms. The molecule has 0 N–H and O–H groups in total. The lowest BCUT2D eigenvalue weighted by molar-refractivity contribution is 0.0993. The van der Waals surface area contributed by atoms with Crippen LogP contribution >= 0.6 is 11.8 Å². The zero-order valence-corrected chi connectivity index (χ0v) is 11.6. The number of carbonyl (C=O) groups is 1. The number of Topliss-reactive ketones (excluding diaryl/α,β-unsaturated/α-hetero) is 1. The highest BCUT2D eigenvalue weighted by molar-refractivity contribution is 8.00. The first-order chi connectivity index (χ1) is 8.41. The van der Waals surface area contributed by atoms with Crippen LogP contribution in [-0.4, -0.2) is 42.3 Å². The maximum Gasteiger partial charge on any atom is 0.175 e. The highest BCUT2D eigenvalue weighted by Gasteiger charge is 2.17. The van der Waals surface area contributed by atoms with Gasteiger partial charge in [-0.2, -0.15) is 0 Å². The summed E-state index contributed by atoms with van der Waals surface area (Å²) in [5.74, 6) is -1.26. The molecule has 1 aromatic carbocycles. The van der Waals surface area contributed by atoms with Crippen LogP contribution in [0.3, 0.4) is 0 Å². The van der Waals surface area contributed by atoms with E-state index in [0.717, 1.165) is 24.4 Å². The Labute approximate surface area is 110 Å². The molecule has 5 heteroatoms. The van der Waals surface area contributed by atoms with Crippen LogP contribution in [0.2, 0.25) is 0 Å². The van der Waals surface area contributed by atoms with Gasteiger partial charge in [0.2, 0.25) is 0 Å². The van der Waals surface area contributed by atoms with E-state index in [1.165, 1.54) is 17.8 Å². The molecule has 0 aliphatic rings. The van der Waals surface area contributed by atoms with Gasteiger partial charge in [0.15, 0.2) is 17.4 Å². The van der Waals surface area contributed by atoms with Gasteiger partial charge in [-0.05, 0) is 39.2 Å². The molecule has 0 radical (unpaired) electrons. The predicted octanol–water partition coefficient (Wildman–Crippen LogP) is 2.83. The molecular weight excluding hydrogens is 256 g/mol. The van der Waals surface area contributed by atoms with E-state index in [0.29, 0.717) is 0 Å². The van der Waals surface area contributed by atoms with E-state index in [1.54, 1.807) is 6.92 Å². The summed E-state index contributed by atoms with van der Waals surface area (Å²) in [6.07, 6.45) is 0. The van der Waals surface area contributed by atoms with Crippen LogP contribution in [0, 0.1) is 11.6 Å². The van der Waals surface area contributed by atoms with Gasteiger partial charge in [-0.3, -0.25) is 4.79 Å². The number of thioether (sulfide) groups is 1. The van der Waals surface area contributed by atoms with Crippen molar-refractivity contribution in [1.82, 2.24) is 4.90 Å². The van der Waals surface area contributed by atoms with Crippen molar-refractivity contribution in [3.8, 4) is 0 Å². The van der Waals surface area contributed by atoms with Gasteiger partial charge in [0.25, 0.3) is 0 Å². The lowest BCUT2D eigenvalue weighted by Gasteiger charge is -2.13. The van der Waals surface area contributed by atoms with Crippen molar-refractivity contribution in [3.63, 3.8) is 0 Å². The maximum absolute atomic E-state index is 13.0. The minimum atomic E-state index is -0.980. The van der Waals surface area contributed by atoms with Crippen LogP contribution in [0.25, 0.3) is 0 Å². The first-order valence-corrected chi connectivity index (χ1v) is 6.72. The van der Waals surface area contributed by atoms with Gasteiger partial charge in [0.1, 0.15) is 0 Å². The second kappa shape index (κ2) is 6.85. The Morgan fingerprint density at radius 3 is 2.56 bits per heavy atom. The molecule has 0 spiro atoms. The molecule has 18 heavy (non-hydrogen) atoms. The van der Waals surface area contributed by atoms with Crippen LogP contribution in [0.5, 0.6) is 0 Å². The molecular formula is C13H17F2NOS. The van der Waals surface area contributed by atoms with Crippen LogP contribution in [0.15, 0.2) is 18.2 Å². The Bertz CT molecular complexity index is 423. The number of ketones is 1. The van der Waals surface area contributed by atoms with E-state index in [4.69, 9.17) is 0 Å². The van der Waals surface area contributed by atoms with Crippen molar-refractivity contribution in [2.45, 2.75) is 12.2 Å². The van der Waals surface area contributed by atoms with Crippen molar-refractivity contribution in [2.24, 2.45) is 0 Å². The summed E-state index contributed by atoms with van der Waals surface area (Å²) in [5.41, 5.74) is 0.221. The first-order valence-electron chi connectivity index (χ1n) is 5.67. The van der Waals surface area contributed by atoms with Crippen molar-refractivity contribution < 1.29 is 13.6 Å². The first kappa shape index (κ1) is 15.1. The molecule has 0 saturated carbocycles. The number of rotatable bonds is 6. The lowest BCUT2D eigenvalue weighted by atomic mass is 10.1. The van der Waals surface area contributed by atoms with E-state index < -0.39 is 11.6 Å². The Kier molecular flexibility index (Phi) is 5.75. The van der Waals surface area contributed by atoms with E-state index in [2.05, 4.69) is 0 Å². The summed E-state index contributed by atoms with van der Waals surface area (Å²) < 4.78 is 25.8. The minimum Gasteiger partial charge on any atom is -0.309 e. The van der Waals surface area contributed by atoms with Gasteiger partial charge >= 0.3 is 0 Å².